The quantitative estimate of drug-likeness (QED) is 0.387. The fraction of sp³-hybridized carbons (Fsp3) is 0.800. The molecule has 0 fully saturated rings. The van der Waals surface area contributed by atoms with Crippen molar-refractivity contribution in [3.63, 3.8) is 0 Å². The maximum atomic E-state index is 5.96. The van der Waals surface area contributed by atoms with Crippen LogP contribution in [0.1, 0.15) is 88.7 Å². The second-order valence-electron chi connectivity index (χ2n) is 7.70. The number of hydrogen-bond acceptors (Lipinski definition) is 2. The monoisotopic (exact) mass is 474 g/mol. The molecule has 24 heavy (non-hydrogen) atoms. The zero-order valence-electron chi connectivity index (χ0n) is 16.5. The van der Waals surface area contributed by atoms with Gasteiger partial charge in [0.25, 0.3) is 0 Å². The van der Waals surface area contributed by atoms with Crippen LogP contribution >= 0.6 is 11.3 Å². The molecule has 1 aliphatic carbocycles. The van der Waals surface area contributed by atoms with Crippen LogP contribution in [0.25, 0.3) is 0 Å². The standard InChI is InChI=1S/C8H11OSSi.3C4H9.Sn/c11-9-7-2-1-3-8-6(7)4-5-10-8;3*1-3-4-2;/h4,7H,1-3H2,11H3;3*1,3-4H2,2H3;. The van der Waals surface area contributed by atoms with Gasteiger partial charge in [-0.25, -0.2) is 0 Å². The number of thiophene rings is 1. The van der Waals surface area contributed by atoms with E-state index in [2.05, 4.69) is 38.2 Å². The summed E-state index contributed by atoms with van der Waals surface area (Å²) < 4.78 is 12.7. The molecule has 0 saturated heterocycles. The third-order valence-corrected chi connectivity index (χ3v) is 25.9. The number of hydrogen-bond donors (Lipinski definition) is 0. The summed E-state index contributed by atoms with van der Waals surface area (Å²) in [4.78, 5) is 1.70. The molecule has 0 bridgehead atoms. The van der Waals surface area contributed by atoms with Crippen molar-refractivity contribution in [3.05, 3.63) is 16.5 Å². The molecular weight excluding hydrogens is 435 g/mol. The summed E-state index contributed by atoms with van der Waals surface area (Å²) in [6.07, 6.45) is 12.9. The molecule has 4 heteroatoms. The molecule has 0 N–H and O–H groups in total. The number of aryl methyl sites for hydroxylation is 1. The Bertz CT molecular complexity index is 466. The number of fused-ring (bicyclic) bond motifs is 1. The first kappa shape index (κ1) is 21.0. The van der Waals surface area contributed by atoms with Gasteiger partial charge in [0.1, 0.15) is 0 Å². The van der Waals surface area contributed by atoms with Crippen LogP contribution in [0.2, 0.25) is 13.3 Å². The summed E-state index contributed by atoms with van der Waals surface area (Å²) in [6.45, 7) is 7.13. The van der Waals surface area contributed by atoms with Crippen molar-refractivity contribution >= 4 is 43.1 Å². The van der Waals surface area contributed by atoms with Crippen LogP contribution in [-0.2, 0) is 10.8 Å². The molecule has 0 aromatic carbocycles. The van der Waals surface area contributed by atoms with Crippen LogP contribution in [0.15, 0.2) is 6.07 Å². The summed E-state index contributed by atoms with van der Waals surface area (Å²) in [5, 5.41) is 0. The summed E-state index contributed by atoms with van der Waals surface area (Å²) in [5.41, 5.74) is 1.61. The van der Waals surface area contributed by atoms with E-state index in [4.69, 9.17) is 4.43 Å². The van der Waals surface area contributed by atoms with Crippen LogP contribution in [-0.4, -0.2) is 28.9 Å². The van der Waals surface area contributed by atoms with Gasteiger partial charge in [0.2, 0.25) is 0 Å². The first-order valence-corrected chi connectivity index (χ1v) is 19.5. The Kier molecular flexibility index (Phi) is 9.38. The summed E-state index contributed by atoms with van der Waals surface area (Å²) in [5.74, 6) is 0. The molecule has 0 aliphatic heterocycles. The first-order valence-electron chi connectivity index (χ1n) is 10.4. The van der Waals surface area contributed by atoms with E-state index in [1.807, 2.05) is 2.89 Å². The second kappa shape index (κ2) is 10.7. The van der Waals surface area contributed by atoms with Gasteiger partial charge >= 0.3 is 162 Å². The summed E-state index contributed by atoms with van der Waals surface area (Å²) in [6, 6.07) is 2.68. The summed E-state index contributed by atoms with van der Waals surface area (Å²) in [7, 11) is 0.875. The molecule has 0 radical (unpaired) electrons. The zero-order valence-corrected chi connectivity index (χ0v) is 22.1. The number of rotatable bonds is 11. The van der Waals surface area contributed by atoms with Gasteiger partial charge in [-0.2, -0.15) is 0 Å². The van der Waals surface area contributed by atoms with Crippen molar-refractivity contribution in [2.24, 2.45) is 0 Å². The van der Waals surface area contributed by atoms with Crippen LogP contribution in [0, 0.1) is 0 Å². The Morgan fingerprint density at radius 2 is 1.67 bits per heavy atom. The van der Waals surface area contributed by atoms with Crippen LogP contribution in [0.4, 0.5) is 0 Å². The molecule has 1 atom stereocenters. The van der Waals surface area contributed by atoms with Crippen molar-refractivity contribution in [3.8, 4) is 0 Å². The van der Waals surface area contributed by atoms with Crippen LogP contribution in [0.3, 0.4) is 0 Å². The van der Waals surface area contributed by atoms with Gasteiger partial charge in [0.05, 0.1) is 0 Å². The normalized spacial score (nSPS) is 18.0. The molecule has 1 heterocycles. The molecule has 0 spiro atoms. The van der Waals surface area contributed by atoms with Gasteiger partial charge in [-0.3, -0.25) is 0 Å². The van der Waals surface area contributed by atoms with Crippen molar-refractivity contribution < 1.29 is 4.43 Å². The van der Waals surface area contributed by atoms with Crippen molar-refractivity contribution in [2.75, 3.05) is 0 Å². The first-order chi connectivity index (χ1) is 11.7. The molecular formula is C20H38OSSiSn. The predicted octanol–water partition coefficient (Wildman–Crippen LogP) is 5.48. The van der Waals surface area contributed by atoms with Crippen molar-refractivity contribution in [1.29, 1.82) is 0 Å². The fourth-order valence-electron chi connectivity index (χ4n) is 4.31. The van der Waals surface area contributed by atoms with Crippen LogP contribution in [0.5, 0.6) is 0 Å². The molecule has 1 aromatic heterocycles. The Morgan fingerprint density at radius 1 is 1.08 bits per heavy atom. The van der Waals surface area contributed by atoms with E-state index in [0.29, 0.717) is 6.10 Å². The molecule has 1 nitrogen and oxygen atoms in total. The Balaban J connectivity index is 2.34. The molecule has 1 aliphatic rings. The minimum atomic E-state index is -2.22. The van der Waals surface area contributed by atoms with Gasteiger partial charge in [0.15, 0.2) is 0 Å². The third-order valence-electron chi connectivity index (χ3n) is 5.89. The van der Waals surface area contributed by atoms with Crippen molar-refractivity contribution in [2.45, 2.75) is 98.0 Å². The SMILES string of the molecule is CCC[CH2][Sn]([CH2]CCC)([CH2]CCC)[c]1cc2c(s1)CCCC2O[SiH3]. The second-order valence-corrected chi connectivity index (χ2v) is 23.5. The van der Waals surface area contributed by atoms with Crippen LogP contribution < -0.4 is 2.89 Å². The molecule has 0 amide bonds. The fourth-order valence-corrected chi connectivity index (χ4v) is 25.4. The van der Waals surface area contributed by atoms with E-state index in [-0.39, 0.29) is 0 Å². The molecule has 1 unspecified atom stereocenters. The van der Waals surface area contributed by atoms with Gasteiger partial charge in [-0.15, -0.1) is 0 Å². The van der Waals surface area contributed by atoms with Gasteiger partial charge in [-0.1, -0.05) is 0 Å². The maximum absolute atomic E-state index is 5.96. The van der Waals surface area contributed by atoms with Gasteiger partial charge in [0, 0.05) is 0 Å². The molecule has 0 saturated carbocycles. The Morgan fingerprint density at radius 3 is 2.17 bits per heavy atom. The van der Waals surface area contributed by atoms with E-state index in [9.17, 15) is 0 Å². The number of unbranched alkanes of at least 4 members (excludes halogenated alkanes) is 3. The molecule has 1 aromatic rings. The Labute approximate surface area is 161 Å². The minimum absolute atomic E-state index is 0.443. The third kappa shape index (κ3) is 5.11. The summed E-state index contributed by atoms with van der Waals surface area (Å²) >= 11 is 0.0214. The van der Waals surface area contributed by atoms with Gasteiger partial charge in [-0.05, 0) is 0 Å². The van der Waals surface area contributed by atoms with Crippen molar-refractivity contribution in [1.82, 2.24) is 0 Å². The zero-order chi connectivity index (χ0) is 17.4. The van der Waals surface area contributed by atoms with E-state index in [1.54, 1.807) is 23.8 Å². The average Bonchev–Trinajstić information content (AvgIpc) is 3.06. The average molecular weight is 473 g/mol. The van der Waals surface area contributed by atoms with E-state index < -0.39 is 18.4 Å². The van der Waals surface area contributed by atoms with E-state index >= 15 is 0 Å². The predicted molar refractivity (Wildman–Crippen MR) is 116 cm³/mol. The molecule has 138 valence electrons. The Hall–Kier alpha value is 0.676. The topological polar surface area (TPSA) is 9.23 Å². The van der Waals surface area contributed by atoms with E-state index in [0.717, 1.165) is 10.5 Å². The van der Waals surface area contributed by atoms with Gasteiger partial charge < -0.3 is 0 Å². The van der Waals surface area contributed by atoms with E-state index in [1.165, 1.54) is 57.8 Å². The molecule has 2 rings (SSSR count).